The molecule has 23 heavy (non-hydrogen) atoms. The highest BCUT2D eigenvalue weighted by atomic mass is 35.5. The minimum Gasteiger partial charge on any atom is -0.312 e. The third-order valence-electron chi connectivity index (χ3n) is 4.11. The van der Waals surface area contributed by atoms with Gasteiger partial charge in [-0.1, -0.05) is 35.9 Å². The van der Waals surface area contributed by atoms with Gasteiger partial charge in [0.15, 0.2) is 0 Å². The topological polar surface area (TPSA) is 29.9 Å². The molecular formula is C18H15ClFN3. The highest BCUT2D eigenvalue weighted by Crippen LogP contribution is 2.33. The number of aromatic nitrogens is 2. The number of nitrogens with zero attached hydrogens (tertiary/aromatic N) is 2. The SMILES string of the molecule is Fc1cccc(-n2nc(-c3ccccc3Cl)c3c2CCNC3)c1. The second-order valence-corrected chi connectivity index (χ2v) is 5.98. The molecule has 2 heterocycles. The number of rotatable bonds is 2. The predicted molar refractivity (Wildman–Crippen MR) is 89.4 cm³/mol. The van der Waals surface area contributed by atoms with Crippen molar-refractivity contribution in [2.45, 2.75) is 13.0 Å². The third kappa shape index (κ3) is 2.54. The molecule has 0 amide bonds. The lowest BCUT2D eigenvalue weighted by atomic mass is 10.0. The third-order valence-corrected chi connectivity index (χ3v) is 4.44. The number of benzene rings is 2. The summed E-state index contributed by atoms with van der Waals surface area (Å²) in [6.07, 6.45) is 0.850. The summed E-state index contributed by atoms with van der Waals surface area (Å²) >= 11 is 6.35. The molecule has 3 aromatic rings. The number of hydrogen-bond acceptors (Lipinski definition) is 2. The van der Waals surface area contributed by atoms with E-state index in [1.165, 1.54) is 12.1 Å². The zero-order valence-electron chi connectivity index (χ0n) is 12.4. The average molecular weight is 328 g/mol. The summed E-state index contributed by atoms with van der Waals surface area (Å²) in [5, 5.41) is 8.81. The van der Waals surface area contributed by atoms with Crippen molar-refractivity contribution in [2.75, 3.05) is 6.54 Å². The van der Waals surface area contributed by atoms with Crippen molar-refractivity contribution in [3.8, 4) is 16.9 Å². The van der Waals surface area contributed by atoms with Crippen LogP contribution in [0.25, 0.3) is 16.9 Å². The Morgan fingerprint density at radius 1 is 1.13 bits per heavy atom. The van der Waals surface area contributed by atoms with E-state index in [1.54, 1.807) is 6.07 Å². The Morgan fingerprint density at radius 3 is 2.83 bits per heavy atom. The molecule has 0 saturated heterocycles. The quantitative estimate of drug-likeness (QED) is 0.771. The predicted octanol–water partition coefficient (Wildman–Crippen LogP) is 3.98. The first-order valence-corrected chi connectivity index (χ1v) is 7.94. The van der Waals surface area contributed by atoms with Crippen LogP contribution in [-0.4, -0.2) is 16.3 Å². The zero-order chi connectivity index (χ0) is 15.8. The normalized spacial score (nSPS) is 13.8. The maximum absolute atomic E-state index is 13.6. The molecule has 4 rings (SSSR count). The summed E-state index contributed by atoms with van der Waals surface area (Å²) in [5.74, 6) is -0.264. The minimum absolute atomic E-state index is 0.264. The van der Waals surface area contributed by atoms with Crippen molar-refractivity contribution >= 4 is 11.6 Å². The van der Waals surface area contributed by atoms with E-state index >= 15 is 0 Å². The molecule has 2 aromatic carbocycles. The molecule has 0 saturated carbocycles. The fraction of sp³-hybridized carbons (Fsp3) is 0.167. The summed E-state index contributed by atoms with van der Waals surface area (Å²) < 4.78 is 15.4. The Kier molecular flexibility index (Phi) is 3.63. The highest BCUT2D eigenvalue weighted by molar-refractivity contribution is 6.33. The standard InChI is InChI=1S/C18H15ClFN3/c19-16-7-2-1-6-14(16)18-15-11-21-9-8-17(15)23(22-18)13-5-3-4-12(20)10-13/h1-7,10,21H,8-9,11H2. The highest BCUT2D eigenvalue weighted by Gasteiger charge is 2.23. The van der Waals surface area contributed by atoms with Crippen molar-refractivity contribution in [1.29, 1.82) is 0 Å². The zero-order valence-corrected chi connectivity index (χ0v) is 13.1. The first-order chi connectivity index (χ1) is 11.2. The number of nitrogens with one attached hydrogen (secondary N) is 1. The Morgan fingerprint density at radius 2 is 2.00 bits per heavy atom. The fourth-order valence-electron chi connectivity index (χ4n) is 3.04. The van der Waals surface area contributed by atoms with Crippen LogP contribution in [0.15, 0.2) is 48.5 Å². The molecule has 1 aromatic heterocycles. The summed E-state index contributed by atoms with van der Waals surface area (Å²) in [6, 6.07) is 14.2. The molecule has 0 atom stereocenters. The Labute approximate surface area is 138 Å². The van der Waals surface area contributed by atoms with Gasteiger partial charge in [-0.15, -0.1) is 0 Å². The van der Waals surface area contributed by atoms with Crippen LogP contribution in [0.3, 0.4) is 0 Å². The van der Waals surface area contributed by atoms with Gasteiger partial charge in [-0.2, -0.15) is 5.10 Å². The van der Waals surface area contributed by atoms with Crippen LogP contribution in [0.4, 0.5) is 4.39 Å². The summed E-state index contributed by atoms with van der Waals surface area (Å²) in [6.45, 7) is 1.63. The molecule has 3 nitrogen and oxygen atoms in total. The van der Waals surface area contributed by atoms with E-state index in [4.69, 9.17) is 16.7 Å². The van der Waals surface area contributed by atoms with Crippen molar-refractivity contribution in [3.63, 3.8) is 0 Å². The van der Waals surface area contributed by atoms with E-state index in [0.29, 0.717) is 5.02 Å². The van der Waals surface area contributed by atoms with Crippen molar-refractivity contribution in [1.82, 2.24) is 15.1 Å². The average Bonchev–Trinajstić information content (AvgIpc) is 2.95. The van der Waals surface area contributed by atoms with Crippen LogP contribution < -0.4 is 5.32 Å². The number of fused-ring (bicyclic) bond motifs is 1. The monoisotopic (exact) mass is 327 g/mol. The molecule has 0 spiro atoms. The van der Waals surface area contributed by atoms with Gasteiger partial charge in [-0.3, -0.25) is 0 Å². The van der Waals surface area contributed by atoms with Crippen molar-refractivity contribution in [3.05, 3.63) is 70.6 Å². The molecule has 1 aliphatic rings. The maximum atomic E-state index is 13.6. The Hall–Kier alpha value is -2.17. The lowest BCUT2D eigenvalue weighted by Gasteiger charge is -2.16. The lowest BCUT2D eigenvalue weighted by molar-refractivity contribution is 0.614. The van der Waals surface area contributed by atoms with Crippen LogP contribution in [0.1, 0.15) is 11.3 Å². The van der Waals surface area contributed by atoms with Gasteiger partial charge in [0.2, 0.25) is 0 Å². The number of halogens is 2. The van der Waals surface area contributed by atoms with Gasteiger partial charge in [0.1, 0.15) is 5.82 Å². The van der Waals surface area contributed by atoms with E-state index in [-0.39, 0.29) is 5.82 Å². The largest absolute Gasteiger partial charge is 0.312 e. The van der Waals surface area contributed by atoms with Gasteiger partial charge in [0.05, 0.1) is 22.1 Å². The van der Waals surface area contributed by atoms with Gasteiger partial charge in [-0.25, -0.2) is 9.07 Å². The fourth-order valence-corrected chi connectivity index (χ4v) is 3.26. The molecule has 1 N–H and O–H groups in total. The molecule has 0 bridgehead atoms. The van der Waals surface area contributed by atoms with Crippen LogP contribution in [0.5, 0.6) is 0 Å². The van der Waals surface area contributed by atoms with Gasteiger partial charge in [0.25, 0.3) is 0 Å². The smallest absolute Gasteiger partial charge is 0.125 e. The van der Waals surface area contributed by atoms with Crippen LogP contribution in [0, 0.1) is 5.82 Å². The molecule has 116 valence electrons. The van der Waals surface area contributed by atoms with E-state index in [2.05, 4.69) is 5.32 Å². The van der Waals surface area contributed by atoms with Crippen LogP contribution >= 0.6 is 11.6 Å². The van der Waals surface area contributed by atoms with Gasteiger partial charge < -0.3 is 5.32 Å². The van der Waals surface area contributed by atoms with E-state index < -0.39 is 0 Å². The molecule has 0 fully saturated rings. The molecular weight excluding hydrogens is 313 g/mol. The van der Waals surface area contributed by atoms with Gasteiger partial charge in [-0.05, 0) is 24.3 Å². The summed E-state index contributed by atoms with van der Waals surface area (Å²) in [4.78, 5) is 0. The van der Waals surface area contributed by atoms with Crippen molar-refractivity contribution in [2.24, 2.45) is 0 Å². The second-order valence-electron chi connectivity index (χ2n) is 5.57. The van der Waals surface area contributed by atoms with Crippen LogP contribution in [0.2, 0.25) is 5.02 Å². The summed E-state index contributed by atoms with van der Waals surface area (Å²) in [7, 11) is 0. The van der Waals surface area contributed by atoms with E-state index in [0.717, 1.165) is 47.7 Å². The number of hydrogen-bond donors (Lipinski definition) is 1. The maximum Gasteiger partial charge on any atom is 0.125 e. The Balaban J connectivity index is 1.94. The first-order valence-electron chi connectivity index (χ1n) is 7.56. The van der Waals surface area contributed by atoms with Crippen LogP contribution in [-0.2, 0) is 13.0 Å². The minimum atomic E-state index is -0.264. The lowest BCUT2D eigenvalue weighted by Crippen LogP contribution is -2.24. The van der Waals surface area contributed by atoms with Crippen molar-refractivity contribution < 1.29 is 4.39 Å². The summed E-state index contributed by atoms with van der Waals surface area (Å²) in [5.41, 5.74) is 4.76. The van der Waals surface area contributed by atoms with E-state index in [9.17, 15) is 4.39 Å². The first kappa shape index (κ1) is 14.4. The van der Waals surface area contributed by atoms with Gasteiger partial charge >= 0.3 is 0 Å². The second kappa shape index (κ2) is 5.80. The molecule has 0 radical (unpaired) electrons. The van der Waals surface area contributed by atoms with E-state index in [1.807, 2.05) is 35.0 Å². The molecule has 1 aliphatic heterocycles. The molecule has 0 aliphatic carbocycles. The molecule has 5 heteroatoms. The Bertz CT molecular complexity index is 872. The molecule has 0 unspecified atom stereocenters. The van der Waals surface area contributed by atoms with Gasteiger partial charge in [0, 0.05) is 30.6 Å².